The van der Waals surface area contributed by atoms with E-state index in [2.05, 4.69) is 46.8 Å². The average molecular weight is 391 g/mol. The van der Waals surface area contributed by atoms with E-state index in [-0.39, 0.29) is 0 Å². The number of hydrogen-bond donors (Lipinski definition) is 2. The zero-order valence-electron chi connectivity index (χ0n) is 16.8. The van der Waals surface area contributed by atoms with Crippen LogP contribution < -0.4 is 10.6 Å². The van der Waals surface area contributed by atoms with Gasteiger partial charge in [-0.1, -0.05) is 44.0 Å². The highest BCUT2D eigenvalue weighted by Crippen LogP contribution is 2.20. The molecule has 0 bridgehead atoms. The molecule has 1 aromatic heterocycles. The molecule has 6 nitrogen and oxygen atoms in total. The molecule has 0 aliphatic rings. The molecule has 0 aliphatic heterocycles. The molecular weight excluding hydrogens is 360 g/mol. The molecule has 0 amide bonds. The van der Waals surface area contributed by atoms with Gasteiger partial charge in [0, 0.05) is 31.1 Å². The number of aliphatic imine (C=N–C) groups is 1. The highest BCUT2D eigenvalue weighted by atomic mass is 35.5. The number of hydrogen-bond acceptors (Lipinski definition) is 3. The molecule has 1 heterocycles. The van der Waals surface area contributed by atoms with Crippen LogP contribution in [0.5, 0.6) is 0 Å². The van der Waals surface area contributed by atoms with Crippen molar-refractivity contribution in [3.63, 3.8) is 0 Å². The zero-order valence-corrected chi connectivity index (χ0v) is 17.6. The van der Waals surface area contributed by atoms with Crippen molar-refractivity contribution >= 4 is 17.6 Å². The Balaban J connectivity index is 2.02. The highest BCUT2D eigenvalue weighted by molar-refractivity contribution is 6.30. The molecule has 0 saturated carbocycles. The molecule has 2 aromatic rings. The van der Waals surface area contributed by atoms with Crippen molar-refractivity contribution < 1.29 is 0 Å². The summed E-state index contributed by atoms with van der Waals surface area (Å²) in [7, 11) is 1.96. The number of nitrogens with zero attached hydrogens (tertiary/aromatic N) is 4. The summed E-state index contributed by atoms with van der Waals surface area (Å²) in [6.45, 7) is 8.53. The lowest BCUT2D eigenvalue weighted by Crippen LogP contribution is -2.40. The first kappa shape index (κ1) is 21.2. The Morgan fingerprint density at radius 1 is 1.19 bits per heavy atom. The lowest BCUT2D eigenvalue weighted by atomic mass is 9.96. The van der Waals surface area contributed by atoms with Gasteiger partial charge in [-0.3, -0.25) is 0 Å². The molecule has 0 spiro atoms. The Hall–Kier alpha value is -2.08. The van der Waals surface area contributed by atoms with Crippen molar-refractivity contribution in [2.45, 2.75) is 52.5 Å². The van der Waals surface area contributed by atoms with Crippen LogP contribution in [0.2, 0.25) is 5.02 Å². The van der Waals surface area contributed by atoms with Gasteiger partial charge in [-0.2, -0.15) is 0 Å². The van der Waals surface area contributed by atoms with Crippen LogP contribution in [0, 0.1) is 6.92 Å². The van der Waals surface area contributed by atoms with Gasteiger partial charge in [-0.05, 0) is 37.5 Å². The maximum Gasteiger partial charge on any atom is 0.191 e. The van der Waals surface area contributed by atoms with Crippen molar-refractivity contribution in [3.05, 3.63) is 46.5 Å². The van der Waals surface area contributed by atoms with E-state index in [1.165, 1.54) is 5.56 Å². The van der Waals surface area contributed by atoms with Gasteiger partial charge in [0.05, 0.1) is 0 Å². The number of unbranched alkanes of at least 4 members (excludes halogenated alkanes) is 1. The second-order valence-corrected chi connectivity index (χ2v) is 7.14. The summed E-state index contributed by atoms with van der Waals surface area (Å²) in [5, 5.41) is 16.0. The fraction of sp³-hybridized carbons (Fsp3) is 0.550. The van der Waals surface area contributed by atoms with E-state index in [4.69, 9.17) is 16.6 Å². The topological polar surface area (TPSA) is 67.1 Å². The van der Waals surface area contributed by atoms with E-state index < -0.39 is 0 Å². The minimum atomic E-state index is 0.400. The number of rotatable bonds is 9. The monoisotopic (exact) mass is 390 g/mol. The van der Waals surface area contributed by atoms with Gasteiger partial charge in [0.15, 0.2) is 11.8 Å². The molecule has 0 saturated heterocycles. The Kier molecular flexibility index (Phi) is 8.58. The minimum absolute atomic E-state index is 0.400. The molecule has 1 unspecified atom stereocenters. The summed E-state index contributed by atoms with van der Waals surface area (Å²) in [6.07, 6.45) is 3.29. The van der Waals surface area contributed by atoms with Gasteiger partial charge in [-0.15, -0.1) is 10.2 Å². The van der Waals surface area contributed by atoms with Gasteiger partial charge in [-0.25, -0.2) is 4.99 Å². The van der Waals surface area contributed by atoms with Gasteiger partial charge < -0.3 is 15.2 Å². The average Bonchev–Trinajstić information content (AvgIpc) is 2.99. The molecule has 7 heteroatoms. The first-order valence-electron chi connectivity index (χ1n) is 9.67. The standard InChI is InChI=1S/C20H31ClN6/c1-5-7-12-22-20(24-14-19-26-25-15(3)27(19)4)23-13-16(6-2)17-8-10-18(21)11-9-17/h8-11,16H,5-7,12-14H2,1-4H3,(H2,22,23,24). The number of aryl methyl sites for hydroxylation is 1. The van der Waals surface area contributed by atoms with E-state index in [0.717, 1.165) is 55.0 Å². The van der Waals surface area contributed by atoms with Crippen LogP contribution in [-0.2, 0) is 13.6 Å². The van der Waals surface area contributed by atoms with Crippen molar-refractivity contribution in [1.82, 2.24) is 25.4 Å². The molecule has 0 aliphatic carbocycles. The molecule has 148 valence electrons. The number of guanidine groups is 1. The quantitative estimate of drug-likeness (QED) is 0.388. The lowest BCUT2D eigenvalue weighted by molar-refractivity contribution is 0.624. The van der Waals surface area contributed by atoms with E-state index in [0.29, 0.717) is 12.5 Å². The minimum Gasteiger partial charge on any atom is -0.356 e. The lowest BCUT2D eigenvalue weighted by Gasteiger charge is -2.19. The third-order valence-corrected chi connectivity index (χ3v) is 4.99. The van der Waals surface area contributed by atoms with Crippen molar-refractivity contribution in [2.24, 2.45) is 12.0 Å². The van der Waals surface area contributed by atoms with Crippen molar-refractivity contribution in [2.75, 3.05) is 13.1 Å². The van der Waals surface area contributed by atoms with E-state index in [1.807, 2.05) is 30.7 Å². The summed E-state index contributed by atoms with van der Waals surface area (Å²) >= 11 is 6.01. The number of aromatic nitrogens is 3. The normalized spacial score (nSPS) is 12.9. The highest BCUT2D eigenvalue weighted by Gasteiger charge is 2.11. The molecule has 0 radical (unpaired) electrons. The largest absolute Gasteiger partial charge is 0.356 e. The number of benzene rings is 1. The summed E-state index contributed by atoms with van der Waals surface area (Å²) in [4.78, 5) is 4.70. The van der Waals surface area contributed by atoms with E-state index >= 15 is 0 Å². The van der Waals surface area contributed by atoms with Crippen LogP contribution in [-0.4, -0.2) is 33.8 Å². The van der Waals surface area contributed by atoms with Gasteiger partial charge in [0.1, 0.15) is 12.4 Å². The maximum atomic E-state index is 6.01. The number of nitrogens with one attached hydrogen (secondary N) is 2. The second-order valence-electron chi connectivity index (χ2n) is 6.71. The van der Waals surface area contributed by atoms with E-state index in [1.54, 1.807) is 0 Å². The van der Waals surface area contributed by atoms with Crippen LogP contribution in [0.3, 0.4) is 0 Å². The number of halogens is 1. The van der Waals surface area contributed by atoms with Crippen LogP contribution in [0.1, 0.15) is 56.2 Å². The third kappa shape index (κ3) is 6.54. The van der Waals surface area contributed by atoms with Gasteiger partial charge in [0.25, 0.3) is 0 Å². The fourth-order valence-electron chi connectivity index (χ4n) is 2.75. The molecule has 1 aromatic carbocycles. The fourth-order valence-corrected chi connectivity index (χ4v) is 2.88. The SMILES string of the molecule is CCCCNC(=NCc1nnc(C)n1C)NCC(CC)c1ccc(Cl)cc1. The second kappa shape index (κ2) is 10.9. The first-order valence-corrected chi connectivity index (χ1v) is 10.0. The van der Waals surface area contributed by atoms with Gasteiger partial charge >= 0.3 is 0 Å². The van der Waals surface area contributed by atoms with Crippen LogP contribution >= 0.6 is 11.6 Å². The first-order chi connectivity index (χ1) is 13.0. The Bertz CT molecular complexity index is 723. The molecule has 2 N–H and O–H groups in total. The van der Waals surface area contributed by atoms with Crippen LogP contribution in [0.25, 0.3) is 0 Å². The van der Waals surface area contributed by atoms with Crippen LogP contribution in [0.15, 0.2) is 29.3 Å². The van der Waals surface area contributed by atoms with Crippen molar-refractivity contribution in [3.8, 4) is 0 Å². The summed E-state index contributed by atoms with van der Waals surface area (Å²) in [5.41, 5.74) is 1.28. The summed E-state index contributed by atoms with van der Waals surface area (Å²) in [6, 6.07) is 8.10. The predicted molar refractivity (Wildman–Crippen MR) is 112 cm³/mol. The molecule has 0 fully saturated rings. The summed E-state index contributed by atoms with van der Waals surface area (Å²) < 4.78 is 1.97. The molecule has 1 atom stereocenters. The Morgan fingerprint density at radius 2 is 1.93 bits per heavy atom. The smallest absolute Gasteiger partial charge is 0.191 e. The molecule has 27 heavy (non-hydrogen) atoms. The van der Waals surface area contributed by atoms with E-state index in [9.17, 15) is 0 Å². The Morgan fingerprint density at radius 3 is 2.52 bits per heavy atom. The van der Waals surface area contributed by atoms with Gasteiger partial charge in [0.2, 0.25) is 0 Å². The third-order valence-electron chi connectivity index (χ3n) is 4.73. The zero-order chi connectivity index (χ0) is 19.6. The van der Waals surface area contributed by atoms with Crippen molar-refractivity contribution in [1.29, 1.82) is 0 Å². The maximum absolute atomic E-state index is 6.01. The predicted octanol–water partition coefficient (Wildman–Crippen LogP) is 3.81. The molecule has 2 rings (SSSR count). The van der Waals surface area contributed by atoms with Crippen LogP contribution in [0.4, 0.5) is 0 Å². The summed E-state index contributed by atoms with van der Waals surface area (Å²) in [5.74, 6) is 2.96. The molecular formula is C20H31ClN6. The Labute approximate surface area is 167 Å².